The van der Waals surface area contributed by atoms with Gasteiger partial charge in [-0.25, -0.2) is 13.9 Å². The quantitative estimate of drug-likeness (QED) is 0.512. The van der Waals surface area contributed by atoms with Gasteiger partial charge in [-0.3, -0.25) is 4.79 Å². The molecule has 0 aliphatic carbocycles. The molecule has 152 valence electrons. The number of ether oxygens (including phenoxy) is 1. The van der Waals surface area contributed by atoms with Crippen molar-refractivity contribution in [2.75, 3.05) is 11.9 Å². The number of hydrogen-bond donors (Lipinski definition) is 1. The molecule has 6 nitrogen and oxygen atoms in total. The van der Waals surface area contributed by atoms with Gasteiger partial charge < -0.3 is 10.1 Å². The van der Waals surface area contributed by atoms with Gasteiger partial charge in [0.2, 0.25) is 0 Å². The Morgan fingerprint density at radius 3 is 2.52 bits per heavy atom. The van der Waals surface area contributed by atoms with Crippen LogP contribution in [0.3, 0.4) is 0 Å². The summed E-state index contributed by atoms with van der Waals surface area (Å²) in [5.74, 6) is 0.491. The summed E-state index contributed by atoms with van der Waals surface area (Å²) in [5.41, 5.74) is 5.24. The molecule has 0 aliphatic heterocycles. The highest BCUT2D eigenvalue weighted by Crippen LogP contribution is 2.19. The molecule has 0 fully saturated rings. The van der Waals surface area contributed by atoms with E-state index in [0.29, 0.717) is 12.2 Å². The molecule has 6 heteroatoms. The van der Waals surface area contributed by atoms with Crippen molar-refractivity contribution in [3.63, 3.8) is 0 Å². The molecule has 0 unspecified atom stereocenters. The van der Waals surface area contributed by atoms with Crippen molar-refractivity contribution in [3.05, 3.63) is 58.9 Å². The first-order valence-electron chi connectivity index (χ1n) is 9.92. The van der Waals surface area contributed by atoms with Gasteiger partial charge >= 0.3 is 5.97 Å². The summed E-state index contributed by atoms with van der Waals surface area (Å²) in [6, 6.07) is 11.5. The minimum absolute atomic E-state index is 0.108. The predicted octanol–water partition coefficient (Wildman–Crippen LogP) is 3.69. The van der Waals surface area contributed by atoms with Crippen LogP contribution in [0, 0.1) is 20.8 Å². The van der Waals surface area contributed by atoms with Gasteiger partial charge in [0.15, 0.2) is 17.6 Å². The number of carbonyl (C=O) groups excluding carboxylic acids is 2. The Balaban J connectivity index is 1.97. The maximum absolute atomic E-state index is 12.8. The number of benzene rings is 2. The number of nitrogens with zero attached hydrogens (tertiary/aromatic N) is 2. The topological polar surface area (TPSA) is 64.2 Å². The molecule has 0 bridgehead atoms. The SMILES string of the molecule is CCOC(=O)c1ccc2c(c1)n(CC(=O)Nc1cc(C)ccc1C)c(C)[n+]2CC. The lowest BCUT2D eigenvalue weighted by molar-refractivity contribution is -0.674. The average molecular weight is 394 g/mol. The molecule has 0 saturated heterocycles. The molecule has 2 aromatic carbocycles. The molecule has 1 aromatic heterocycles. The van der Waals surface area contributed by atoms with Crippen molar-refractivity contribution in [1.29, 1.82) is 0 Å². The van der Waals surface area contributed by atoms with Crippen molar-refractivity contribution >= 4 is 28.6 Å². The second-order valence-corrected chi connectivity index (χ2v) is 7.17. The van der Waals surface area contributed by atoms with Crippen LogP contribution in [0.25, 0.3) is 11.0 Å². The first-order chi connectivity index (χ1) is 13.8. The molecular weight excluding hydrogens is 366 g/mol. The number of aromatic nitrogens is 2. The largest absolute Gasteiger partial charge is 0.462 e. The minimum atomic E-state index is -0.359. The molecule has 3 aromatic rings. The van der Waals surface area contributed by atoms with Crippen LogP contribution in [0.2, 0.25) is 0 Å². The maximum Gasteiger partial charge on any atom is 0.338 e. The zero-order chi connectivity index (χ0) is 21.1. The average Bonchev–Trinajstić information content (AvgIpc) is 2.95. The summed E-state index contributed by atoms with van der Waals surface area (Å²) in [6.45, 7) is 11.1. The molecule has 3 rings (SSSR count). The fourth-order valence-corrected chi connectivity index (χ4v) is 3.61. The number of rotatable bonds is 6. The van der Waals surface area contributed by atoms with Gasteiger partial charge in [-0.2, -0.15) is 0 Å². The number of imidazole rings is 1. The van der Waals surface area contributed by atoms with Gasteiger partial charge in [0.05, 0.1) is 18.7 Å². The third kappa shape index (κ3) is 4.16. The summed E-state index contributed by atoms with van der Waals surface area (Å²) in [6.07, 6.45) is 0. The van der Waals surface area contributed by atoms with Crippen molar-refractivity contribution in [2.45, 2.75) is 47.7 Å². The molecule has 0 spiro atoms. The minimum Gasteiger partial charge on any atom is -0.462 e. The van der Waals surface area contributed by atoms with E-state index in [2.05, 4.69) is 16.8 Å². The number of esters is 1. The third-order valence-electron chi connectivity index (χ3n) is 5.13. The lowest BCUT2D eigenvalue weighted by atomic mass is 10.1. The first-order valence-corrected chi connectivity index (χ1v) is 9.92. The monoisotopic (exact) mass is 394 g/mol. The number of amides is 1. The second-order valence-electron chi connectivity index (χ2n) is 7.17. The predicted molar refractivity (Wildman–Crippen MR) is 113 cm³/mol. The van der Waals surface area contributed by atoms with Gasteiger partial charge in [0.1, 0.15) is 0 Å². The van der Waals surface area contributed by atoms with Gasteiger partial charge in [-0.05, 0) is 57.0 Å². The standard InChI is InChI=1S/C23H27N3O3/c1-6-25-17(5)26(14-22(27)24-19-12-15(3)8-9-16(19)4)21-13-18(10-11-20(21)25)23(28)29-7-2/h8-13H,6-7,14H2,1-5H3/p+1. The van der Waals surface area contributed by atoms with E-state index in [9.17, 15) is 9.59 Å². The molecule has 29 heavy (non-hydrogen) atoms. The van der Waals surface area contributed by atoms with E-state index in [-0.39, 0.29) is 18.4 Å². The smallest absolute Gasteiger partial charge is 0.338 e. The molecule has 0 radical (unpaired) electrons. The molecule has 0 saturated carbocycles. The summed E-state index contributed by atoms with van der Waals surface area (Å²) < 4.78 is 9.21. The van der Waals surface area contributed by atoms with E-state index in [1.165, 1.54) is 0 Å². The van der Waals surface area contributed by atoms with E-state index < -0.39 is 0 Å². The number of nitrogens with one attached hydrogen (secondary N) is 1. The van der Waals surface area contributed by atoms with Crippen molar-refractivity contribution in [2.24, 2.45) is 0 Å². The van der Waals surface area contributed by atoms with E-state index in [4.69, 9.17) is 4.74 Å². The zero-order valence-corrected chi connectivity index (χ0v) is 17.7. The molecule has 1 N–H and O–H groups in total. The van der Waals surface area contributed by atoms with E-state index >= 15 is 0 Å². The molecule has 0 atom stereocenters. The second kappa shape index (κ2) is 8.47. The summed E-state index contributed by atoms with van der Waals surface area (Å²) in [4.78, 5) is 25.0. The number of carbonyl (C=O) groups is 2. The van der Waals surface area contributed by atoms with Gasteiger partial charge in [-0.1, -0.05) is 12.1 Å². The van der Waals surface area contributed by atoms with Crippen molar-refractivity contribution in [1.82, 2.24) is 4.57 Å². The Kier molecular flexibility index (Phi) is 6.01. The Labute approximate surface area is 171 Å². The lowest BCUT2D eigenvalue weighted by Crippen LogP contribution is -2.35. The van der Waals surface area contributed by atoms with Gasteiger partial charge in [0, 0.05) is 18.7 Å². The summed E-state index contributed by atoms with van der Waals surface area (Å²) >= 11 is 0. The van der Waals surface area contributed by atoms with Crippen LogP contribution in [-0.4, -0.2) is 23.1 Å². The highest BCUT2D eigenvalue weighted by Gasteiger charge is 2.24. The lowest BCUT2D eigenvalue weighted by Gasteiger charge is -2.09. The Morgan fingerprint density at radius 2 is 1.83 bits per heavy atom. The molecule has 1 heterocycles. The number of aryl methyl sites for hydroxylation is 3. The third-order valence-corrected chi connectivity index (χ3v) is 5.13. The van der Waals surface area contributed by atoms with Crippen LogP contribution in [0.15, 0.2) is 36.4 Å². The number of hydrogen-bond acceptors (Lipinski definition) is 3. The molecule has 0 aliphatic rings. The summed E-state index contributed by atoms with van der Waals surface area (Å²) in [5, 5.41) is 3.02. The van der Waals surface area contributed by atoms with Crippen LogP contribution >= 0.6 is 0 Å². The molecule has 1 amide bonds. The Bertz CT molecular complexity index is 1080. The maximum atomic E-state index is 12.8. The fraction of sp³-hybridized carbons (Fsp3) is 0.348. The van der Waals surface area contributed by atoms with E-state index in [1.54, 1.807) is 19.1 Å². The first kappa shape index (κ1) is 20.6. The van der Waals surface area contributed by atoms with E-state index in [1.807, 2.05) is 49.6 Å². The van der Waals surface area contributed by atoms with Crippen LogP contribution in [0.1, 0.15) is 41.2 Å². The normalized spacial score (nSPS) is 10.9. The highest BCUT2D eigenvalue weighted by molar-refractivity contribution is 5.95. The Hall–Kier alpha value is -3.15. The van der Waals surface area contributed by atoms with E-state index in [0.717, 1.165) is 40.2 Å². The van der Waals surface area contributed by atoms with Crippen molar-refractivity contribution in [3.8, 4) is 0 Å². The van der Waals surface area contributed by atoms with Crippen LogP contribution in [0.4, 0.5) is 5.69 Å². The van der Waals surface area contributed by atoms with Crippen LogP contribution < -0.4 is 9.88 Å². The number of fused-ring (bicyclic) bond motifs is 1. The fourth-order valence-electron chi connectivity index (χ4n) is 3.61. The van der Waals surface area contributed by atoms with Gasteiger partial charge in [-0.15, -0.1) is 0 Å². The van der Waals surface area contributed by atoms with Crippen LogP contribution in [0.5, 0.6) is 0 Å². The number of anilines is 1. The molecular formula is C23H28N3O3+. The van der Waals surface area contributed by atoms with Gasteiger partial charge in [0.25, 0.3) is 11.7 Å². The van der Waals surface area contributed by atoms with Crippen molar-refractivity contribution < 1.29 is 18.9 Å². The summed E-state index contributed by atoms with van der Waals surface area (Å²) in [7, 11) is 0. The Morgan fingerprint density at radius 1 is 1.07 bits per heavy atom. The van der Waals surface area contributed by atoms with Crippen LogP contribution in [-0.2, 0) is 22.6 Å². The zero-order valence-electron chi connectivity index (χ0n) is 17.7. The highest BCUT2D eigenvalue weighted by atomic mass is 16.5.